The quantitative estimate of drug-likeness (QED) is 0.836. The van der Waals surface area contributed by atoms with Gasteiger partial charge in [-0.2, -0.15) is 0 Å². The van der Waals surface area contributed by atoms with E-state index in [1.807, 2.05) is 12.1 Å². The van der Waals surface area contributed by atoms with Crippen molar-refractivity contribution in [1.82, 2.24) is 0 Å². The molecule has 2 aliphatic rings. The van der Waals surface area contributed by atoms with Crippen LogP contribution in [0.4, 0.5) is 5.69 Å². The lowest BCUT2D eigenvalue weighted by Crippen LogP contribution is -2.40. The summed E-state index contributed by atoms with van der Waals surface area (Å²) in [6, 6.07) is 11.3. The third-order valence-corrected chi connectivity index (χ3v) is 6.05. The summed E-state index contributed by atoms with van der Waals surface area (Å²) < 4.78 is 0. The highest BCUT2D eigenvalue weighted by Gasteiger charge is 2.45. The van der Waals surface area contributed by atoms with E-state index >= 15 is 0 Å². The van der Waals surface area contributed by atoms with Crippen molar-refractivity contribution >= 4 is 34.9 Å². The first-order valence-corrected chi connectivity index (χ1v) is 8.51. The predicted octanol–water partition coefficient (Wildman–Crippen LogP) is 3.79. The van der Waals surface area contributed by atoms with E-state index in [0.717, 1.165) is 16.2 Å². The largest absolute Gasteiger partial charge is 0.384 e. The van der Waals surface area contributed by atoms with Crippen LogP contribution in [0.15, 0.2) is 46.3 Å². The minimum absolute atomic E-state index is 0.207. The normalized spacial score (nSPS) is 25.8. The summed E-state index contributed by atoms with van der Waals surface area (Å²) in [6.07, 6.45) is 0. The number of aliphatic imine (C=N–C) groups is 1. The van der Waals surface area contributed by atoms with E-state index in [2.05, 4.69) is 18.0 Å². The molecule has 0 amide bonds. The van der Waals surface area contributed by atoms with Gasteiger partial charge >= 0.3 is 0 Å². The molecule has 0 saturated carbocycles. The number of hydrogen-bond donors (Lipinski definition) is 2. The Bertz CT molecular complexity index is 820. The molecule has 0 aliphatic carbocycles. The number of hydrogen-bond acceptors (Lipinski definition) is 4. The number of fused-ring (bicyclic) bond motifs is 2. The Morgan fingerprint density at radius 3 is 2.95 bits per heavy atom. The van der Waals surface area contributed by atoms with Crippen LogP contribution in [0.1, 0.15) is 29.5 Å². The Labute approximate surface area is 138 Å². The summed E-state index contributed by atoms with van der Waals surface area (Å²) in [5.74, 6) is 1.70. The van der Waals surface area contributed by atoms with Crippen molar-refractivity contribution in [3.63, 3.8) is 0 Å². The zero-order valence-electron chi connectivity index (χ0n) is 12.0. The lowest BCUT2D eigenvalue weighted by Gasteiger charge is -2.27. The van der Waals surface area contributed by atoms with Crippen LogP contribution >= 0.6 is 23.4 Å². The van der Waals surface area contributed by atoms with Gasteiger partial charge in [0.05, 0.1) is 5.69 Å². The van der Waals surface area contributed by atoms with E-state index in [1.54, 1.807) is 30.0 Å². The number of nitrogens with zero attached hydrogens (tertiary/aromatic N) is 1. The Hall–Kier alpha value is -1.49. The Morgan fingerprint density at radius 1 is 1.32 bits per heavy atom. The molecule has 0 spiro atoms. The van der Waals surface area contributed by atoms with Crippen LogP contribution in [0.25, 0.3) is 0 Å². The smallest absolute Gasteiger partial charge is 0.175 e. The number of nitrogens with two attached hydrogens (primary N) is 1. The first-order valence-electron chi connectivity index (χ1n) is 7.15. The minimum atomic E-state index is -1.40. The molecule has 2 aromatic rings. The van der Waals surface area contributed by atoms with Gasteiger partial charge in [-0.25, -0.2) is 4.99 Å². The van der Waals surface area contributed by atoms with E-state index in [-0.39, 0.29) is 5.84 Å². The molecule has 0 saturated heterocycles. The number of amidine groups is 1. The maximum absolute atomic E-state index is 11.4. The van der Waals surface area contributed by atoms with E-state index in [9.17, 15) is 5.11 Å². The molecule has 0 aromatic heterocycles. The molecule has 2 aliphatic heterocycles. The molecular formula is C17H15ClN2OS. The molecule has 112 valence electrons. The number of aliphatic hydroxyl groups is 1. The second-order valence-electron chi connectivity index (χ2n) is 5.80. The maximum Gasteiger partial charge on any atom is 0.175 e. The molecule has 5 heteroatoms. The average Bonchev–Trinajstić information content (AvgIpc) is 3.00. The summed E-state index contributed by atoms with van der Waals surface area (Å²) in [5, 5.41) is 12.0. The fraction of sp³-hybridized carbons (Fsp3) is 0.235. The SMILES string of the molecule is CC1CSc2c1cccc2C1(O)C(N)=Nc2ccc(Cl)cc21. The first-order chi connectivity index (χ1) is 10.5. The van der Waals surface area contributed by atoms with Crippen LogP contribution in [0.3, 0.4) is 0 Å². The van der Waals surface area contributed by atoms with Crippen molar-refractivity contribution in [1.29, 1.82) is 0 Å². The average molecular weight is 331 g/mol. The van der Waals surface area contributed by atoms with Crippen molar-refractivity contribution in [2.45, 2.75) is 23.3 Å². The second kappa shape index (κ2) is 4.75. The lowest BCUT2D eigenvalue weighted by molar-refractivity contribution is 0.155. The minimum Gasteiger partial charge on any atom is -0.384 e. The monoisotopic (exact) mass is 330 g/mol. The summed E-state index contributed by atoms with van der Waals surface area (Å²) in [5.41, 5.74) is 8.13. The fourth-order valence-corrected chi connectivity index (χ4v) is 4.79. The molecule has 0 bridgehead atoms. The van der Waals surface area contributed by atoms with Crippen LogP contribution in [0.2, 0.25) is 5.02 Å². The maximum atomic E-state index is 11.4. The molecule has 3 N–H and O–H groups in total. The van der Waals surface area contributed by atoms with Crippen LogP contribution in [0.5, 0.6) is 0 Å². The van der Waals surface area contributed by atoms with Gasteiger partial charge in [-0.3, -0.25) is 0 Å². The highest BCUT2D eigenvalue weighted by atomic mass is 35.5. The number of rotatable bonds is 1. The molecule has 2 unspecified atom stereocenters. The first kappa shape index (κ1) is 14.1. The third-order valence-electron chi connectivity index (χ3n) is 4.40. The standard InChI is InChI=1S/C17H15ClN2OS/c1-9-8-22-15-11(9)3-2-4-12(15)17(21)13-7-10(18)5-6-14(13)20-16(17)19/h2-7,9,21H,8H2,1H3,(H2,19,20). The summed E-state index contributed by atoms with van der Waals surface area (Å²) in [7, 11) is 0. The molecule has 2 atom stereocenters. The molecule has 3 nitrogen and oxygen atoms in total. The van der Waals surface area contributed by atoms with Gasteiger partial charge in [0, 0.05) is 26.8 Å². The zero-order valence-corrected chi connectivity index (χ0v) is 13.6. The third kappa shape index (κ3) is 1.78. The van der Waals surface area contributed by atoms with Gasteiger partial charge < -0.3 is 10.8 Å². The zero-order chi connectivity index (χ0) is 15.5. The highest BCUT2D eigenvalue weighted by molar-refractivity contribution is 7.99. The Morgan fingerprint density at radius 2 is 2.14 bits per heavy atom. The van der Waals surface area contributed by atoms with Crippen molar-refractivity contribution in [2.24, 2.45) is 10.7 Å². The van der Waals surface area contributed by atoms with E-state index in [0.29, 0.717) is 22.2 Å². The van der Waals surface area contributed by atoms with Gasteiger partial charge in [-0.1, -0.05) is 36.7 Å². The highest BCUT2D eigenvalue weighted by Crippen LogP contribution is 2.49. The van der Waals surface area contributed by atoms with Crippen LogP contribution in [-0.4, -0.2) is 16.7 Å². The summed E-state index contributed by atoms with van der Waals surface area (Å²) in [4.78, 5) is 5.46. The molecule has 4 rings (SSSR count). The van der Waals surface area contributed by atoms with Gasteiger partial charge in [0.25, 0.3) is 0 Å². The van der Waals surface area contributed by atoms with E-state index in [1.165, 1.54) is 5.56 Å². The fourth-order valence-electron chi connectivity index (χ4n) is 3.21. The predicted molar refractivity (Wildman–Crippen MR) is 91.3 cm³/mol. The molecular weight excluding hydrogens is 316 g/mol. The lowest BCUT2D eigenvalue weighted by atomic mass is 9.84. The summed E-state index contributed by atoms with van der Waals surface area (Å²) in [6.45, 7) is 2.20. The van der Waals surface area contributed by atoms with Gasteiger partial charge in [0.15, 0.2) is 5.60 Å². The van der Waals surface area contributed by atoms with Gasteiger partial charge in [0.2, 0.25) is 0 Å². The van der Waals surface area contributed by atoms with Crippen molar-refractivity contribution in [2.75, 3.05) is 5.75 Å². The van der Waals surface area contributed by atoms with Gasteiger partial charge in [0.1, 0.15) is 5.84 Å². The Balaban J connectivity index is 1.98. The number of benzene rings is 2. The van der Waals surface area contributed by atoms with E-state index in [4.69, 9.17) is 17.3 Å². The van der Waals surface area contributed by atoms with Crippen molar-refractivity contribution in [3.8, 4) is 0 Å². The molecule has 0 radical (unpaired) electrons. The van der Waals surface area contributed by atoms with Crippen molar-refractivity contribution < 1.29 is 5.11 Å². The van der Waals surface area contributed by atoms with Crippen LogP contribution in [0, 0.1) is 0 Å². The van der Waals surface area contributed by atoms with Gasteiger partial charge in [-0.15, -0.1) is 11.8 Å². The Kier molecular flexibility index (Phi) is 3.05. The number of thioether (sulfide) groups is 1. The van der Waals surface area contributed by atoms with Gasteiger partial charge in [-0.05, 0) is 29.7 Å². The summed E-state index contributed by atoms with van der Waals surface area (Å²) >= 11 is 7.88. The second-order valence-corrected chi connectivity index (χ2v) is 7.27. The topological polar surface area (TPSA) is 58.6 Å². The van der Waals surface area contributed by atoms with Crippen molar-refractivity contribution in [3.05, 3.63) is 58.1 Å². The molecule has 2 aromatic carbocycles. The molecule has 2 heterocycles. The number of halogens is 1. The van der Waals surface area contributed by atoms with Crippen LogP contribution < -0.4 is 5.73 Å². The van der Waals surface area contributed by atoms with E-state index < -0.39 is 5.60 Å². The molecule has 0 fully saturated rings. The molecule has 22 heavy (non-hydrogen) atoms. The van der Waals surface area contributed by atoms with Crippen LogP contribution in [-0.2, 0) is 5.60 Å².